The van der Waals surface area contributed by atoms with Gasteiger partial charge in [0.25, 0.3) is 0 Å². The molecule has 2 rings (SSSR count). The van der Waals surface area contributed by atoms with Gasteiger partial charge in [0.2, 0.25) is 15.9 Å². The second-order valence-electron chi connectivity index (χ2n) is 4.75. The number of piperidine rings is 1. The van der Waals surface area contributed by atoms with Crippen molar-refractivity contribution in [2.75, 3.05) is 20.1 Å². The summed E-state index contributed by atoms with van der Waals surface area (Å²) in [6.45, 7) is 0.708. The number of carbonyl (C=O) groups is 1. The molecule has 0 saturated carbocycles. The Balaban J connectivity index is 2.11. The van der Waals surface area contributed by atoms with Crippen LogP contribution in [0, 0.1) is 5.92 Å². The van der Waals surface area contributed by atoms with E-state index in [-0.39, 0.29) is 16.7 Å². The average Bonchev–Trinajstić information content (AvgIpc) is 2.46. The summed E-state index contributed by atoms with van der Waals surface area (Å²) < 4.78 is 26.3. The van der Waals surface area contributed by atoms with Gasteiger partial charge in [-0.1, -0.05) is 17.7 Å². The van der Waals surface area contributed by atoms with Crippen LogP contribution in [0.1, 0.15) is 12.8 Å². The van der Waals surface area contributed by atoms with E-state index in [0.29, 0.717) is 31.0 Å². The van der Waals surface area contributed by atoms with Gasteiger partial charge in [0.05, 0.1) is 4.90 Å². The van der Waals surface area contributed by atoms with Crippen molar-refractivity contribution in [2.24, 2.45) is 5.92 Å². The molecule has 1 N–H and O–H groups in total. The van der Waals surface area contributed by atoms with E-state index in [4.69, 9.17) is 11.6 Å². The number of carbonyl (C=O) groups excluding carboxylic acids is 1. The fourth-order valence-electron chi connectivity index (χ4n) is 2.34. The molecule has 1 saturated heterocycles. The number of amides is 1. The van der Waals surface area contributed by atoms with Gasteiger partial charge in [-0.15, -0.1) is 0 Å². The van der Waals surface area contributed by atoms with Gasteiger partial charge in [-0.3, -0.25) is 4.79 Å². The fraction of sp³-hybridized carbons (Fsp3) is 0.462. The Morgan fingerprint density at radius 2 is 2.00 bits per heavy atom. The lowest BCUT2D eigenvalue weighted by atomic mass is 9.97. The maximum absolute atomic E-state index is 12.5. The molecule has 0 radical (unpaired) electrons. The Bertz CT molecular complexity index is 595. The zero-order valence-corrected chi connectivity index (χ0v) is 12.7. The Labute approximate surface area is 124 Å². The van der Waals surface area contributed by atoms with E-state index in [1.54, 1.807) is 19.2 Å². The molecule has 0 unspecified atom stereocenters. The summed E-state index contributed by atoms with van der Waals surface area (Å²) in [4.78, 5) is 11.7. The molecule has 1 amide bonds. The highest BCUT2D eigenvalue weighted by Crippen LogP contribution is 2.25. The molecule has 0 aliphatic carbocycles. The van der Waals surface area contributed by atoms with Gasteiger partial charge in [-0.05, 0) is 31.0 Å². The van der Waals surface area contributed by atoms with Crippen molar-refractivity contribution in [2.45, 2.75) is 17.7 Å². The monoisotopic (exact) mass is 316 g/mol. The van der Waals surface area contributed by atoms with Crippen molar-refractivity contribution in [3.05, 3.63) is 29.3 Å². The van der Waals surface area contributed by atoms with Crippen LogP contribution in [0.3, 0.4) is 0 Å². The van der Waals surface area contributed by atoms with Crippen LogP contribution in [0.4, 0.5) is 0 Å². The zero-order valence-electron chi connectivity index (χ0n) is 11.2. The van der Waals surface area contributed by atoms with Crippen LogP contribution >= 0.6 is 11.6 Å². The maximum Gasteiger partial charge on any atom is 0.243 e. The molecule has 0 spiro atoms. The van der Waals surface area contributed by atoms with E-state index in [1.807, 2.05) is 0 Å². The predicted octanol–water partition coefficient (Wildman–Crippen LogP) is 1.49. The van der Waals surface area contributed by atoms with E-state index in [9.17, 15) is 13.2 Å². The zero-order chi connectivity index (χ0) is 14.8. The molecule has 1 aromatic carbocycles. The highest BCUT2D eigenvalue weighted by Gasteiger charge is 2.31. The first-order valence-electron chi connectivity index (χ1n) is 6.42. The number of benzene rings is 1. The van der Waals surface area contributed by atoms with Crippen molar-refractivity contribution >= 4 is 27.5 Å². The minimum absolute atomic E-state index is 0.0233. The lowest BCUT2D eigenvalue weighted by molar-refractivity contribution is -0.125. The molecule has 5 nitrogen and oxygen atoms in total. The molecule has 0 atom stereocenters. The van der Waals surface area contributed by atoms with Crippen molar-refractivity contribution in [1.29, 1.82) is 0 Å². The number of nitrogens with one attached hydrogen (secondary N) is 1. The number of rotatable bonds is 3. The third kappa shape index (κ3) is 3.13. The van der Waals surface area contributed by atoms with Gasteiger partial charge < -0.3 is 5.32 Å². The topological polar surface area (TPSA) is 66.5 Å². The van der Waals surface area contributed by atoms with Gasteiger partial charge in [0, 0.05) is 31.1 Å². The summed E-state index contributed by atoms with van der Waals surface area (Å²) in [6, 6.07) is 6.23. The summed E-state index contributed by atoms with van der Waals surface area (Å²) in [7, 11) is -1.93. The lowest BCUT2D eigenvalue weighted by Gasteiger charge is -2.30. The van der Waals surface area contributed by atoms with Gasteiger partial charge in [-0.25, -0.2) is 8.42 Å². The van der Waals surface area contributed by atoms with Crippen molar-refractivity contribution in [3.63, 3.8) is 0 Å². The number of sulfonamides is 1. The van der Waals surface area contributed by atoms with Crippen LogP contribution in [0.25, 0.3) is 0 Å². The smallest absolute Gasteiger partial charge is 0.243 e. The summed E-state index contributed by atoms with van der Waals surface area (Å²) in [5.74, 6) is -0.129. The Hall–Kier alpha value is -1.11. The Morgan fingerprint density at radius 1 is 1.35 bits per heavy atom. The average molecular weight is 317 g/mol. The predicted molar refractivity (Wildman–Crippen MR) is 77.0 cm³/mol. The third-order valence-electron chi connectivity index (χ3n) is 3.50. The van der Waals surface area contributed by atoms with E-state index in [1.165, 1.54) is 16.4 Å². The van der Waals surface area contributed by atoms with Crippen LogP contribution in [-0.4, -0.2) is 38.8 Å². The molecule has 1 aliphatic heterocycles. The minimum Gasteiger partial charge on any atom is -0.359 e. The van der Waals surface area contributed by atoms with Crippen molar-refractivity contribution in [1.82, 2.24) is 9.62 Å². The molecule has 20 heavy (non-hydrogen) atoms. The lowest BCUT2D eigenvalue weighted by Crippen LogP contribution is -2.42. The summed E-state index contributed by atoms with van der Waals surface area (Å²) >= 11 is 5.84. The quantitative estimate of drug-likeness (QED) is 0.918. The molecule has 1 fully saturated rings. The number of nitrogens with zero attached hydrogens (tertiary/aromatic N) is 1. The van der Waals surface area contributed by atoms with E-state index >= 15 is 0 Å². The highest BCUT2D eigenvalue weighted by molar-refractivity contribution is 7.89. The Morgan fingerprint density at radius 3 is 2.55 bits per heavy atom. The third-order valence-corrected chi connectivity index (χ3v) is 5.63. The first kappa shape index (κ1) is 15.3. The van der Waals surface area contributed by atoms with E-state index < -0.39 is 10.0 Å². The first-order valence-corrected chi connectivity index (χ1v) is 8.24. The van der Waals surface area contributed by atoms with Crippen LogP contribution in [0.2, 0.25) is 5.02 Å². The highest BCUT2D eigenvalue weighted by atomic mass is 35.5. The maximum atomic E-state index is 12.5. The minimum atomic E-state index is -3.52. The van der Waals surface area contributed by atoms with E-state index in [2.05, 4.69) is 5.32 Å². The number of hydrogen-bond acceptors (Lipinski definition) is 3. The summed E-state index contributed by atoms with van der Waals surface area (Å²) in [5.41, 5.74) is 0. The number of hydrogen-bond donors (Lipinski definition) is 1. The number of halogens is 1. The van der Waals surface area contributed by atoms with E-state index in [0.717, 1.165) is 0 Å². The Kier molecular flexibility index (Phi) is 4.67. The molecule has 1 aliphatic rings. The van der Waals surface area contributed by atoms with Gasteiger partial charge in [0.15, 0.2) is 0 Å². The standard InChI is InChI=1S/C13H17ClN2O3S/c1-15-13(17)10-5-7-16(8-6-10)20(18,19)12-4-2-3-11(14)9-12/h2-4,9-10H,5-8H2,1H3,(H,15,17). The molecule has 0 aromatic heterocycles. The second kappa shape index (κ2) is 6.11. The van der Waals surface area contributed by atoms with Crippen molar-refractivity contribution < 1.29 is 13.2 Å². The molecular weight excluding hydrogens is 300 g/mol. The van der Waals surface area contributed by atoms with Crippen molar-refractivity contribution in [3.8, 4) is 0 Å². The molecule has 110 valence electrons. The molecular formula is C13H17ClN2O3S. The fourth-order valence-corrected chi connectivity index (χ4v) is 4.11. The van der Waals surface area contributed by atoms with Gasteiger partial charge >= 0.3 is 0 Å². The molecule has 7 heteroatoms. The summed E-state index contributed by atoms with van der Waals surface area (Å²) in [5, 5.41) is 3.00. The first-order chi connectivity index (χ1) is 9.45. The largest absolute Gasteiger partial charge is 0.359 e. The molecule has 0 bridgehead atoms. The second-order valence-corrected chi connectivity index (χ2v) is 7.12. The van der Waals surface area contributed by atoms with Crippen LogP contribution in [0.5, 0.6) is 0 Å². The molecule has 1 aromatic rings. The van der Waals surface area contributed by atoms with Crippen LogP contribution in [-0.2, 0) is 14.8 Å². The SMILES string of the molecule is CNC(=O)C1CCN(S(=O)(=O)c2cccc(Cl)c2)CC1. The normalized spacial score (nSPS) is 17.9. The van der Waals surface area contributed by atoms with Gasteiger partial charge in [0.1, 0.15) is 0 Å². The van der Waals surface area contributed by atoms with Crippen LogP contribution in [0.15, 0.2) is 29.2 Å². The molecule has 1 heterocycles. The summed E-state index contributed by atoms with van der Waals surface area (Å²) in [6.07, 6.45) is 1.08. The van der Waals surface area contributed by atoms with Gasteiger partial charge in [-0.2, -0.15) is 4.31 Å². The van der Waals surface area contributed by atoms with Crippen LogP contribution < -0.4 is 5.32 Å².